The van der Waals surface area contributed by atoms with Gasteiger partial charge >= 0.3 is 12.0 Å². The number of aliphatic carboxylic acids is 1. The number of nitrogens with zero attached hydrogens (tertiary/aromatic N) is 1. The Kier molecular flexibility index (Phi) is 7.03. The molecule has 0 saturated heterocycles. The third-order valence-electron chi connectivity index (χ3n) is 2.54. The zero-order valence-electron chi connectivity index (χ0n) is 12.3. The van der Waals surface area contributed by atoms with E-state index in [2.05, 4.69) is 15.5 Å². The van der Waals surface area contributed by atoms with Crippen LogP contribution in [-0.2, 0) is 4.79 Å². The SMILES string of the molecule is CN(C)CCCNC(=O)Nc1ccc(OCC(=O)O)cc1. The van der Waals surface area contributed by atoms with Gasteiger partial charge < -0.3 is 25.4 Å². The number of carboxylic acid groups (broad SMARTS) is 1. The van der Waals surface area contributed by atoms with E-state index in [1.165, 1.54) is 0 Å². The fraction of sp³-hybridized carbons (Fsp3) is 0.429. The maximum Gasteiger partial charge on any atom is 0.341 e. The molecular weight excluding hydrogens is 274 g/mol. The first-order valence-corrected chi connectivity index (χ1v) is 6.61. The summed E-state index contributed by atoms with van der Waals surface area (Å²) in [6.45, 7) is 1.12. The van der Waals surface area contributed by atoms with E-state index in [-0.39, 0.29) is 12.6 Å². The molecule has 0 aliphatic rings. The van der Waals surface area contributed by atoms with E-state index in [1.54, 1.807) is 24.3 Å². The van der Waals surface area contributed by atoms with Crippen molar-refractivity contribution >= 4 is 17.7 Å². The standard InChI is InChI=1S/C14H21N3O4/c1-17(2)9-3-8-15-14(20)16-11-4-6-12(7-5-11)21-10-13(18)19/h4-7H,3,8-10H2,1-2H3,(H,18,19)(H2,15,16,20). The molecule has 21 heavy (non-hydrogen) atoms. The van der Waals surface area contributed by atoms with Gasteiger partial charge in [0.25, 0.3) is 0 Å². The average Bonchev–Trinajstić information content (AvgIpc) is 2.42. The second-order valence-corrected chi connectivity index (χ2v) is 4.74. The highest BCUT2D eigenvalue weighted by Gasteiger charge is 2.03. The van der Waals surface area contributed by atoms with E-state index in [1.807, 2.05) is 14.1 Å². The molecular formula is C14H21N3O4. The van der Waals surface area contributed by atoms with E-state index in [0.717, 1.165) is 13.0 Å². The highest BCUT2D eigenvalue weighted by atomic mass is 16.5. The Morgan fingerprint density at radius 2 is 1.90 bits per heavy atom. The van der Waals surface area contributed by atoms with Gasteiger partial charge in [-0.2, -0.15) is 0 Å². The van der Waals surface area contributed by atoms with Crippen LogP contribution in [0.1, 0.15) is 6.42 Å². The second kappa shape index (κ2) is 8.80. The predicted octanol–water partition coefficient (Wildman–Crippen LogP) is 1.22. The van der Waals surface area contributed by atoms with Gasteiger partial charge in [0.1, 0.15) is 5.75 Å². The molecule has 2 amide bonds. The second-order valence-electron chi connectivity index (χ2n) is 4.74. The van der Waals surface area contributed by atoms with E-state index < -0.39 is 5.97 Å². The maximum atomic E-state index is 11.6. The Morgan fingerprint density at radius 3 is 2.48 bits per heavy atom. The third-order valence-corrected chi connectivity index (χ3v) is 2.54. The van der Waals surface area contributed by atoms with Gasteiger partial charge in [0, 0.05) is 12.2 Å². The minimum atomic E-state index is -1.03. The Hall–Kier alpha value is -2.28. The summed E-state index contributed by atoms with van der Waals surface area (Å²) >= 11 is 0. The molecule has 0 heterocycles. The number of benzene rings is 1. The van der Waals surface area contributed by atoms with Crippen molar-refractivity contribution in [3.05, 3.63) is 24.3 Å². The van der Waals surface area contributed by atoms with Crippen molar-refractivity contribution in [2.45, 2.75) is 6.42 Å². The van der Waals surface area contributed by atoms with Gasteiger partial charge in [-0.3, -0.25) is 0 Å². The topological polar surface area (TPSA) is 90.9 Å². The van der Waals surface area contributed by atoms with Gasteiger partial charge in [0.05, 0.1) is 0 Å². The quantitative estimate of drug-likeness (QED) is 0.627. The summed E-state index contributed by atoms with van der Waals surface area (Å²) in [6, 6.07) is 6.23. The minimum Gasteiger partial charge on any atom is -0.482 e. The van der Waals surface area contributed by atoms with Gasteiger partial charge in [0.2, 0.25) is 0 Å². The summed E-state index contributed by atoms with van der Waals surface area (Å²) < 4.78 is 5.00. The summed E-state index contributed by atoms with van der Waals surface area (Å²) in [5.74, 6) is -0.594. The predicted molar refractivity (Wildman–Crippen MR) is 79.8 cm³/mol. The van der Waals surface area contributed by atoms with Crippen molar-refractivity contribution in [1.82, 2.24) is 10.2 Å². The van der Waals surface area contributed by atoms with Crippen LogP contribution in [0.15, 0.2) is 24.3 Å². The number of hydrogen-bond donors (Lipinski definition) is 3. The van der Waals surface area contributed by atoms with Crippen molar-refractivity contribution in [2.75, 3.05) is 39.1 Å². The normalized spacial score (nSPS) is 10.2. The Labute approximate surface area is 123 Å². The smallest absolute Gasteiger partial charge is 0.341 e. The van der Waals surface area contributed by atoms with Crippen LogP contribution < -0.4 is 15.4 Å². The first kappa shape index (κ1) is 16.8. The molecule has 0 aliphatic carbocycles. The van der Waals surface area contributed by atoms with Gasteiger partial charge in [-0.05, 0) is 51.3 Å². The monoisotopic (exact) mass is 295 g/mol. The number of rotatable bonds is 8. The average molecular weight is 295 g/mol. The van der Waals surface area contributed by atoms with Gasteiger partial charge in [-0.1, -0.05) is 0 Å². The van der Waals surface area contributed by atoms with E-state index >= 15 is 0 Å². The number of hydrogen-bond acceptors (Lipinski definition) is 4. The van der Waals surface area contributed by atoms with Gasteiger partial charge in [-0.15, -0.1) is 0 Å². The molecule has 1 aromatic rings. The fourth-order valence-corrected chi connectivity index (χ4v) is 1.55. The van der Waals surface area contributed by atoms with Crippen molar-refractivity contribution in [1.29, 1.82) is 0 Å². The van der Waals surface area contributed by atoms with Crippen molar-refractivity contribution in [3.63, 3.8) is 0 Å². The van der Waals surface area contributed by atoms with Crippen molar-refractivity contribution in [2.24, 2.45) is 0 Å². The Bertz CT molecular complexity index is 460. The lowest BCUT2D eigenvalue weighted by molar-refractivity contribution is -0.139. The first-order chi connectivity index (χ1) is 9.97. The summed E-state index contributed by atoms with van der Waals surface area (Å²) in [5, 5.41) is 13.9. The van der Waals surface area contributed by atoms with Crippen LogP contribution >= 0.6 is 0 Å². The number of amides is 2. The highest BCUT2D eigenvalue weighted by Crippen LogP contribution is 2.15. The molecule has 0 unspecified atom stereocenters. The van der Waals surface area contributed by atoms with Crippen molar-refractivity contribution < 1.29 is 19.4 Å². The lowest BCUT2D eigenvalue weighted by Crippen LogP contribution is -2.31. The van der Waals surface area contributed by atoms with E-state index in [4.69, 9.17) is 9.84 Å². The molecule has 1 rings (SSSR count). The van der Waals surface area contributed by atoms with Gasteiger partial charge in [-0.25, -0.2) is 9.59 Å². The molecule has 1 aromatic carbocycles. The Morgan fingerprint density at radius 1 is 1.24 bits per heavy atom. The molecule has 116 valence electrons. The molecule has 0 fully saturated rings. The van der Waals surface area contributed by atoms with Crippen LogP contribution in [0.2, 0.25) is 0 Å². The molecule has 0 saturated carbocycles. The number of carbonyl (C=O) groups is 2. The number of urea groups is 1. The van der Waals surface area contributed by atoms with Gasteiger partial charge in [0.15, 0.2) is 6.61 Å². The lowest BCUT2D eigenvalue weighted by Gasteiger charge is -2.11. The van der Waals surface area contributed by atoms with Crippen molar-refractivity contribution in [3.8, 4) is 5.75 Å². The van der Waals surface area contributed by atoms with E-state index in [0.29, 0.717) is 18.0 Å². The van der Waals surface area contributed by atoms with Crippen LogP contribution in [0.4, 0.5) is 10.5 Å². The number of ether oxygens (including phenoxy) is 1. The first-order valence-electron chi connectivity index (χ1n) is 6.61. The molecule has 0 bridgehead atoms. The molecule has 0 aromatic heterocycles. The molecule has 0 aliphatic heterocycles. The summed E-state index contributed by atoms with van der Waals surface area (Å²) in [6.07, 6.45) is 0.877. The molecule has 3 N–H and O–H groups in total. The number of anilines is 1. The maximum absolute atomic E-state index is 11.6. The zero-order chi connectivity index (χ0) is 15.7. The summed E-state index contributed by atoms with van der Waals surface area (Å²) in [4.78, 5) is 24.0. The number of carbonyl (C=O) groups excluding carboxylic acids is 1. The van der Waals surface area contributed by atoms with Crippen LogP contribution in [-0.4, -0.2) is 55.8 Å². The number of carboxylic acids is 1. The van der Waals surface area contributed by atoms with Crippen LogP contribution in [0, 0.1) is 0 Å². The van der Waals surface area contributed by atoms with Crippen LogP contribution in [0.25, 0.3) is 0 Å². The molecule has 0 atom stereocenters. The Balaban J connectivity index is 2.30. The molecule has 7 heteroatoms. The minimum absolute atomic E-state index is 0.270. The third kappa shape index (κ3) is 7.78. The lowest BCUT2D eigenvalue weighted by atomic mass is 10.3. The largest absolute Gasteiger partial charge is 0.482 e. The fourth-order valence-electron chi connectivity index (χ4n) is 1.55. The summed E-state index contributed by atoms with van der Waals surface area (Å²) in [7, 11) is 3.96. The highest BCUT2D eigenvalue weighted by molar-refractivity contribution is 5.89. The van der Waals surface area contributed by atoms with Crippen LogP contribution in [0.5, 0.6) is 5.75 Å². The molecule has 7 nitrogen and oxygen atoms in total. The molecule has 0 radical (unpaired) electrons. The van der Waals surface area contributed by atoms with E-state index in [9.17, 15) is 9.59 Å². The van der Waals surface area contributed by atoms with Crippen LogP contribution in [0.3, 0.4) is 0 Å². The number of nitrogens with one attached hydrogen (secondary N) is 2. The zero-order valence-corrected chi connectivity index (χ0v) is 12.3. The molecule has 0 spiro atoms. The summed E-state index contributed by atoms with van der Waals surface area (Å²) in [5.41, 5.74) is 0.614.